The van der Waals surface area contributed by atoms with E-state index in [1.54, 1.807) is 6.20 Å². The zero-order valence-electron chi connectivity index (χ0n) is 16.0. The number of halogens is 1. The number of hydrogen-bond donors (Lipinski definition) is 3. The van der Waals surface area contributed by atoms with E-state index in [9.17, 15) is 0 Å². The highest BCUT2D eigenvalue weighted by Crippen LogP contribution is 2.34. The number of fused-ring (bicyclic) bond motifs is 2. The van der Waals surface area contributed by atoms with Gasteiger partial charge in [0.25, 0.3) is 0 Å². The predicted octanol–water partition coefficient (Wildman–Crippen LogP) is 4.47. The monoisotopic (exact) mass is 394 g/mol. The van der Waals surface area contributed by atoms with Crippen molar-refractivity contribution in [3.05, 3.63) is 48.0 Å². The Labute approximate surface area is 168 Å². The van der Waals surface area contributed by atoms with Crippen LogP contribution in [-0.4, -0.2) is 37.5 Å². The molecule has 0 amide bonds. The standard InChI is InChI=1S/C21H23ClN6/c1-21(2)8-7-13(11-25-21)26-19-20-23-9-10-28(20)18(22)17(27-19)15-12-24-16-6-4-3-5-14(15)16/h3-6,9-10,12-13,24-25H,7-8,11H2,1-2H3,(H,26,27)/t13-/m0/s1. The summed E-state index contributed by atoms with van der Waals surface area (Å²) in [5.41, 5.74) is 3.73. The number of H-pyrrole nitrogens is 1. The summed E-state index contributed by atoms with van der Waals surface area (Å²) in [7, 11) is 0. The van der Waals surface area contributed by atoms with Crippen LogP contribution in [0.4, 0.5) is 5.82 Å². The molecule has 5 rings (SSSR count). The molecule has 0 aliphatic carbocycles. The molecule has 144 valence electrons. The second-order valence-corrected chi connectivity index (χ2v) is 8.47. The van der Waals surface area contributed by atoms with Crippen LogP contribution in [0, 0.1) is 0 Å². The van der Waals surface area contributed by atoms with Gasteiger partial charge in [-0.25, -0.2) is 9.97 Å². The highest BCUT2D eigenvalue weighted by atomic mass is 35.5. The molecule has 3 aromatic heterocycles. The van der Waals surface area contributed by atoms with Gasteiger partial charge in [-0.15, -0.1) is 0 Å². The lowest BCUT2D eigenvalue weighted by atomic mass is 9.91. The number of imidazole rings is 1. The van der Waals surface area contributed by atoms with Gasteiger partial charge < -0.3 is 15.6 Å². The first-order valence-corrected chi connectivity index (χ1v) is 10.0. The third-order valence-corrected chi connectivity index (χ3v) is 5.97. The van der Waals surface area contributed by atoms with Crippen molar-refractivity contribution in [3.8, 4) is 11.3 Å². The number of rotatable bonds is 3. The maximum absolute atomic E-state index is 6.73. The molecule has 1 aromatic carbocycles. The molecule has 0 saturated carbocycles. The SMILES string of the molecule is CC1(C)CC[C@H](Nc2nc(-c3c[nH]c4ccccc34)c(Cl)n3ccnc23)CN1. The van der Waals surface area contributed by atoms with E-state index in [1.807, 2.05) is 28.9 Å². The minimum Gasteiger partial charge on any atom is -0.363 e. The molecular weight excluding hydrogens is 372 g/mol. The number of anilines is 1. The van der Waals surface area contributed by atoms with Gasteiger partial charge in [0, 0.05) is 53.2 Å². The van der Waals surface area contributed by atoms with Crippen molar-refractivity contribution in [2.75, 3.05) is 11.9 Å². The topological polar surface area (TPSA) is 70.0 Å². The van der Waals surface area contributed by atoms with E-state index >= 15 is 0 Å². The van der Waals surface area contributed by atoms with Crippen molar-refractivity contribution in [3.63, 3.8) is 0 Å². The van der Waals surface area contributed by atoms with Crippen molar-refractivity contribution >= 4 is 34.0 Å². The van der Waals surface area contributed by atoms with Crippen LogP contribution in [0.1, 0.15) is 26.7 Å². The molecule has 4 aromatic rings. The van der Waals surface area contributed by atoms with Crippen LogP contribution in [-0.2, 0) is 0 Å². The normalized spacial score (nSPS) is 19.3. The molecule has 7 heteroatoms. The maximum Gasteiger partial charge on any atom is 0.181 e. The predicted molar refractivity (Wildman–Crippen MR) is 114 cm³/mol. The minimum absolute atomic E-state index is 0.184. The first-order valence-electron chi connectivity index (χ1n) is 9.62. The van der Waals surface area contributed by atoms with Crippen molar-refractivity contribution in [2.45, 2.75) is 38.3 Å². The Morgan fingerprint density at radius 3 is 2.96 bits per heavy atom. The molecule has 0 unspecified atom stereocenters. The van der Waals surface area contributed by atoms with E-state index in [4.69, 9.17) is 16.6 Å². The largest absolute Gasteiger partial charge is 0.363 e. The smallest absolute Gasteiger partial charge is 0.181 e. The van der Waals surface area contributed by atoms with E-state index in [0.29, 0.717) is 11.2 Å². The Bertz CT molecular complexity index is 1150. The number of aromatic amines is 1. The quantitative estimate of drug-likeness (QED) is 0.479. The van der Waals surface area contributed by atoms with E-state index in [-0.39, 0.29) is 5.54 Å². The van der Waals surface area contributed by atoms with Crippen molar-refractivity contribution in [1.29, 1.82) is 0 Å². The van der Waals surface area contributed by atoms with Gasteiger partial charge in [0.15, 0.2) is 11.5 Å². The van der Waals surface area contributed by atoms with Crippen molar-refractivity contribution in [2.24, 2.45) is 0 Å². The molecule has 3 N–H and O–H groups in total. The van der Waals surface area contributed by atoms with Crippen molar-refractivity contribution in [1.82, 2.24) is 24.7 Å². The van der Waals surface area contributed by atoms with Crippen LogP contribution in [0.25, 0.3) is 27.8 Å². The number of nitrogens with one attached hydrogen (secondary N) is 3. The second-order valence-electron chi connectivity index (χ2n) is 8.11. The lowest BCUT2D eigenvalue weighted by Gasteiger charge is -2.36. The molecule has 1 saturated heterocycles. The van der Waals surface area contributed by atoms with Crippen LogP contribution < -0.4 is 10.6 Å². The van der Waals surface area contributed by atoms with E-state index in [2.05, 4.69) is 46.6 Å². The highest BCUT2D eigenvalue weighted by Gasteiger charge is 2.27. The van der Waals surface area contributed by atoms with Gasteiger partial charge >= 0.3 is 0 Å². The Morgan fingerprint density at radius 1 is 1.29 bits per heavy atom. The number of hydrogen-bond acceptors (Lipinski definition) is 4. The van der Waals surface area contributed by atoms with Crippen LogP contribution in [0.2, 0.25) is 5.15 Å². The van der Waals surface area contributed by atoms with Gasteiger partial charge in [0.05, 0.1) is 0 Å². The van der Waals surface area contributed by atoms with Gasteiger partial charge in [0.2, 0.25) is 0 Å². The maximum atomic E-state index is 6.73. The van der Waals surface area contributed by atoms with E-state index < -0.39 is 0 Å². The molecule has 1 atom stereocenters. The summed E-state index contributed by atoms with van der Waals surface area (Å²) < 4.78 is 1.90. The molecule has 0 radical (unpaired) electrons. The second kappa shape index (κ2) is 6.50. The fourth-order valence-electron chi connectivity index (χ4n) is 3.94. The minimum atomic E-state index is 0.184. The molecule has 0 spiro atoms. The lowest BCUT2D eigenvalue weighted by molar-refractivity contribution is 0.289. The fraction of sp³-hybridized carbons (Fsp3) is 0.333. The summed E-state index contributed by atoms with van der Waals surface area (Å²) >= 11 is 6.73. The molecular formula is C21H23ClN6. The van der Waals surface area contributed by atoms with E-state index in [1.165, 1.54) is 0 Å². The van der Waals surface area contributed by atoms with Crippen LogP contribution in [0.3, 0.4) is 0 Å². The summed E-state index contributed by atoms with van der Waals surface area (Å²) in [6.07, 6.45) is 7.80. The summed E-state index contributed by atoms with van der Waals surface area (Å²) in [5.74, 6) is 0.765. The number of nitrogens with zero attached hydrogens (tertiary/aromatic N) is 3. The third kappa shape index (κ3) is 2.93. The first-order chi connectivity index (χ1) is 13.5. The third-order valence-electron chi connectivity index (χ3n) is 5.61. The van der Waals surface area contributed by atoms with Crippen LogP contribution in [0.15, 0.2) is 42.9 Å². The lowest BCUT2D eigenvalue weighted by Crippen LogP contribution is -2.50. The molecule has 28 heavy (non-hydrogen) atoms. The molecule has 6 nitrogen and oxygen atoms in total. The molecule has 1 aliphatic rings. The van der Waals surface area contributed by atoms with Gasteiger partial charge in [-0.1, -0.05) is 29.8 Å². The van der Waals surface area contributed by atoms with E-state index in [0.717, 1.165) is 53.0 Å². The Kier molecular flexibility index (Phi) is 4.07. The Hall–Kier alpha value is -2.57. The molecule has 1 fully saturated rings. The number of para-hydroxylation sites is 1. The fourth-order valence-corrected chi connectivity index (χ4v) is 4.22. The Balaban J connectivity index is 1.59. The highest BCUT2D eigenvalue weighted by molar-refractivity contribution is 6.32. The summed E-state index contributed by atoms with van der Waals surface area (Å²) in [5, 5.41) is 8.86. The summed E-state index contributed by atoms with van der Waals surface area (Å²) in [6, 6.07) is 8.48. The van der Waals surface area contributed by atoms with Gasteiger partial charge in [-0.05, 0) is 32.8 Å². The van der Waals surface area contributed by atoms with Gasteiger partial charge in [0.1, 0.15) is 10.8 Å². The average Bonchev–Trinajstić information content (AvgIpc) is 3.33. The molecule has 0 bridgehead atoms. The number of piperidine rings is 1. The van der Waals surface area contributed by atoms with Gasteiger partial charge in [-0.3, -0.25) is 4.40 Å². The first kappa shape index (κ1) is 17.5. The van der Waals surface area contributed by atoms with Gasteiger partial charge in [-0.2, -0.15) is 0 Å². The van der Waals surface area contributed by atoms with Crippen LogP contribution in [0.5, 0.6) is 0 Å². The van der Waals surface area contributed by atoms with Crippen molar-refractivity contribution < 1.29 is 0 Å². The zero-order chi connectivity index (χ0) is 19.3. The zero-order valence-corrected chi connectivity index (χ0v) is 16.7. The van der Waals surface area contributed by atoms with Crippen LogP contribution >= 0.6 is 11.6 Å². The number of aromatic nitrogens is 4. The summed E-state index contributed by atoms with van der Waals surface area (Å²) in [4.78, 5) is 12.7. The Morgan fingerprint density at radius 2 is 2.14 bits per heavy atom. The number of benzene rings is 1. The summed E-state index contributed by atoms with van der Waals surface area (Å²) in [6.45, 7) is 5.38. The molecule has 1 aliphatic heterocycles. The average molecular weight is 395 g/mol. The molecule has 4 heterocycles.